The summed E-state index contributed by atoms with van der Waals surface area (Å²) in [7, 11) is 1.59. The van der Waals surface area contributed by atoms with Gasteiger partial charge in [-0.1, -0.05) is 12.1 Å². The third kappa shape index (κ3) is 5.01. The highest BCUT2D eigenvalue weighted by atomic mass is 16.5. The lowest BCUT2D eigenvalue weighted by Crippen LogP contribution is -2.29. The Morgan fingerprint density at radius 2 is 1.94 bits per heavy atom. The van der Waals surface area contributed by atoms with Crippen LogP contribution in [-0.2, 0) is 16.0 Å². The normalized spacial score (nSPS) is 9.71. The molecule has 5 nitrogen and oxygen atoms in total. The first-order valence-corrected chi connectivity index (χ1v) is 5.29. The van der Waals surface area contributed by atoms with Crippen LogP contribution in [0.5, 0.6) is 5.75 Å². The van der Waals surface area contributed by atoms with E-state index >= 15 is 0 Å². The molecule has 1 aromatic carbocycles. The van der Waals surface area contributed by atoms with E-state index < -0.39 is 5.91 Å². The van der Waals surface area contributed by atoms with Crippen LogP contribution in [0.1, 0.15) is 12.0 Å². The molecule has 0 saturated carbocycles. The van der Waals surface area contributed by atoms with Gasteiger partial charge in [0.1, 0.15) is 5.75 Å². The highest BCUT2D eigenvalue weighted by molar-refractivity contribution is 5.79. The number of benzene rings is 1. The van der Waals surface area contributed by atoms with Gasteiger partial charge in [0.05, 0.1) is 13.5 Å². The van der Waals surface area contributed by atoms with Gasteiger partial charge >= 0.3 is 0 Å². The number of primary amides is 1. The zero-order chi connectivity index (χ0) is 12.7. The topological polar surface area (TPSA) is 81.4 Å². The molecule has 3 N–H and O–H groups in total. The van der Waals surface area contributed by atoms with Gasteiger partial charge in [-0.3, -0.25) is 9.59 Å². The minimum absolute atomic E-state index is 0.128. The molecule has 0 saturated heterocycles. The number of nitrogens with two attached hydrogens (primary N) is 1. The van der Waals surface area contributed by atoms with Gasteiger partial charge in [0.25, 0.3) is 0 Å². The number of carbonyl (C=O) groups excluding carboxylic acids is 2. The van der Waals surface area contributed by atoms with Gasteiger partial charge in [-0.05, 0) is 17.7 Å². The van der Waals surface area contributed by atoms with Crippen molar-refractivity contribution < 1.29 is 14.3 Å². The Balaban J connectivity index is 2.37. The molecule has 0 radical (unpaired) electrons. The number of hydrogen-bond donors (Lipinski definition) is 2. The molecular formula is C12H16N2O3. The molecule has 0 bridgehead atoms. The van der Waals surface area contributed by atoms with Gasteiger partial charge in [0.15, 0.2) is 0 Å². The second-order valence-corrected chi connectivity index (χ2v) is 3.59. The van der Waals surface area contributed by atoms with Gasteiger partial charge in [0.2, 0.25) is 11.8 Å². The second-order valence-electron chi connectivity index (χ2n) is 3.59. The van der Waals surface area contributed by atoms with Crippen molar-refractivity contribution in [2.75, 3.05) is 13.7 Å². The first kappa shape index (κ1) is 13.0. The number of ether oxygens (including phenoxy) is 1. The summed E-state index contributed by atoms with van der Waals surface area (Å²) >= 11 is 0. The highest BCUT2D eigenvalue weighted by Gasteiger charge is 2.03. The first-order valence-electron chi connectivity index (χ1n) is 5.29. The van der Waals surface area contributed by atoms with Crippen molar-refractivity contribution in [3.05, 3.63) is 29.8 Å². The number of rotatable bonds is 6. The molecule has 0 spiro atoms. The fraction of sp³-hybridized carbons (Fsp3) is 0.333. The molecule has 0 heterocycles. The van der Waals surface area contributed by atoms with Crippen LogP contribution in [-0.4, -0.2) is 25.5 Å². The van der Waals surface area contributed by atoms with Crippen molar-refractivity contribution in [1.29, 1.82) is 0 Å². The molecule has 0 fully saturated rings. The molecule has 1 aromatic rings. The van der Waals surface area contributed by atoms with Crippen LogP contribution >= 0.6 is 0 Å². The maximum absolute atomic E-state index is 11.5. The molecule has 0 aromatic heterocycles. The van der Waals surface area contributed by atoms with Gasteiger partial charge in [-0.2, -0.15) is 0 Å². The molecule has 0 aliphatic rings. The third-order valence-corrected chi connectivity index (χ3v) is 2.22. The number of hydrogen-bond acceptors (Lipinski definition) is 3. The van der Waals surface area contributed by atoms with E-state index in [0.29, 0.717) is 0 Å². The SMILES string of the molecule is COc1ccc(CC(=O)NCCC(N)=O)cc1. The lowest BCUT2D eigenvalue weighted by atomic mass is 10.1. The monoisotopic (exact) mass is 236 g/mol. The van der Waals surface area contributed by atoms with Gasteiger partial charge < -0.3 is 15.8 Å². The summed E-state index contributed by atoms with van der Waals surface area (Å²) in [5.74, 6) is 0.203. The molecule has 0 unspecified atom stereocenters. The molecular weight excluding hydrogens is 220 g/mol. The lowest BCUT2D eigenvalue weighted by Gasteiger charge is -2.05. The van der Waals surface area contributed by atoms with Crippen LogP contribution in [0.2, 0.25) is 0 Å². The second kappa shape index (κ2) is 6.52. The van der Waals surface area contributed by atoms with E-state index in [2.05, 4.69) is 5.32 Å². The summed E-state index contributed by atoms with van der Waals surface area (Å²) in [5.41, 5.74) is 5.85. The van der Waals surface area contributed by atoms with E-state index in [9.17, 15) is 9.59 Å². The van der Waals surface area contributed by atoms with Gasteiger partial charge in [-0.15, -0.1) is 0 Å². The molecule has 2 amide bonds. The van der Waals surface area contributed by atoms with Crippen LogP contribution in [0.25, 0.3) is 0 Å². The Morgan fingerprint density at radius 1 is 1.29 bits per heavy atom. The van der Waals surface area contributed by atoms with Crippen molar-refractivity contribution in [1.82, 2.24) is 5.32 Å². The average Bonchev–Trinajstić information content (AvgIpc) is 2.29. The van der Waals surface area contributed by atoms with E-state index in [1.807, 2.05) is 12.1 Å². The van der Waals surface area contributed by atoms with Crippen LogP contribution in [0.3, 0.4) is 0 Å². The minimum atomic E-state index is -0.422. The summed E-state index contributed by atoms with van der Waals surface area (Å²) in [5, 5.41) is 2.62. The Kier molecular flexibility index (Phi) is 5.00. The Bertz CT molecular complexity index is 387. The van der Waals surface area contributed by atoms with E-state index in [1.165, 1.54) is 0 Å². The summed E-state index contributed by atoms with van der Waals surface area (Å²) in [6.45, 7) is 0.282. The predicted octanol–water partition coefficient (Wildman–Crippen LogP) is 0.229. The fourth-order valence-corrected chi connectivity index (χ4v) is 1.32. The fourth-order valence-electron chi connectivity index (χ4n) is 1.32. The van der Waals surface area contributed by atoms with Crippen molar-refractivity contribution in [2.45, 2.75) is 12.8 Å². The lowest BCUT2D eigenvalue weighted by molar-refractivity contribution is -0.120. The minimum Gasteiger partial charge on any atom is -0.497 e. The third-order valence-electron chi connectivity index (χ3n) is 2.22. The highest BCUT2D eigenvalue weighted by Crippen LogP contribution is 2.11. The van der Waals surface area contributed by atoms with Gasteiger partial charge in [0, 0.05) is 13.0 Å². The first-order chi connectivity index (χ1) is 8.11. The smallest absolute Gasteiger partial charge is 0.224 e. The number of nitrogens with one attached hydrogen (secondary N) is 1. The Hall–Kier alpha value is -2.04. The Labute approximate surface area is 99.9 Å². The number of methoxy groups -OCH3 is 1. The quantitative estimate of drug-likeness (QED) is 0.741. The van der Waals surface area contributed by atoms with E-state index in [4.69, 9.17) is 10.5 Å². The van der Waals surface area contributed by atoms with Crippen molar-refractivity contribution in [3.8, 4) is 5.75 Å². The molecule has 17 heavy (non-hydrogen) atoms. The maximum atomic E-state index is 11.5. The van der Waals surface area contributed by atoms with Crippen LogP contribution < -0.4 is 15.8 Å². The van der Waals surface area contributed by atoms with E-state index in [0.717, 1.165) is 11.3 Å². The average molecular weight is 236 g/mol. The van der Waals surface area contributed by atoms with Crippen LogP contribution in [0.4, 0.5) is 0 Å². The van der Waals surface area contributed by atoms with Crippen LogP contribution in [0.15, 0.2) is 24.3 Å². The molecule has 1 rings (SSSR count). The van der Waals surface area contributed by atoms with Crippen molar-refractivity contribution >= 4 is 11.8 Å². The zero-order valence-electron chi connectivity index (χ0n) is 9.73. The molecule has 0 aliphatic heterocycles. The Morgan fingerprint density at radius 3 is 2.47 bits per heavy atom. The summed E-state index contributed by atoms with van der Waals surface area (Å²) in [6.07, 6.45) is 0.442. The van der Waals surface area contributed by atoms with Gasteiger partial charge in [-0.25, -0.2) is 0 Å². The molecule has 92 valence electrons. The summed E-state index contributed by atoms with van der Waals surface area (Å²) < 4.78 is 5.01. The summed E-state index contributed by atoms with van der Waals surface area (Å²) in [4.78, 5) is 21.9. The van der Waals surface area contributed by atoms with E-state index in [1.54, 1.807) is 19.2 Å². The summed E-state index contributed by atoms with van der Waals surface area (Å²) in [6, 6.07) is 7.25. The van der Waals surface area contributed by atoms with E-state index in [-0.39, 0.29) is 25.3 Å². The largest absolute Gasteiger partial charge is 0.497 e. The van der Waals surface area contributed by atoms with Crippen LogP contribution in [0, 0.1) is 0 Å². The molecule has 0 atom stereocenters. The predicted molar refractivity (Wildman–Crippen MR) is 63.5 cm³/mol. The number of amides is 2. The van der Waals surface area contributed by atoms with Crippen molar-refractivity contribution in [3.63, 3.8) is 0 Å². The van der Waals surface area contributed by atoms with Crippen molar-refractivity contribution in [2.24, 2.45) is 5.73 Å². The molecule has 5 heteroatoms. The number of carbonyl (C=O) groups is 2. The maximum Gasteiger partial charge on any atom is 0.224 e. The molecule has 0 aliphatic carbocycles. The zero-order valence-corrected chi connectivity index (χ0v) is 9.73. The standard InChI is InChI=1S/C12H16N2O3/c1-17-10-4-2-9(3-5-10)8-12(16)14-7-6-11(13)15/h2-5H,6-8H2,1H3,(H2,13,15)(H,14,16).